The summed E-state index contributed by atoms with van der Waals surface area (Å²) in [6.45, 7) is 1.95. The molecule has 1 fully saturated rings. The summed E-state index contributed by atoms with van der Waals surface area (Å²) in [4.78, 5) is 0. The predicted molar refractivity (Wildman–Crippen MR) is 82.3 cm³/mol. The van der Waals surface area contributed by atoms with Crippen molar-refractivity contribution in [1.29, 1.82) is 0 Å². The fraction of sp³-hybridized carbons (Fsp3) is 0.800. The van der Waals surface area contributed by atoms with Crippen LogP contribution < -0.4 is 5.32 Å². The number of rotatable bonds is 5. The van der Waals surface area contributed by atoms with Crippen LogP contribution in [0.15, 0.2) is 0 Å². The number of hydrogen-bond acceptors (Lipinski definition) is 3. The van der Waals surface area contributed by atoms with E-state index in [2.05, 4.69) is 10.4 Å². The van der Waals surface area contributed by atoms with E-state index in [1.54, 1.807) is 0 Å². The first kappa shape index (κ1) is 15.8. The molecular formula is C15H26ClN3O. The zero-order valence-corrected chi connectivity index (χ0v) is 13.8. The average Bonchev–Trinajstić information content (AvgIpc) is 2.71. The molecule has 1 unspecified atom stereocenters. The summed E-state index contributed by atoms with van der Waals surface area (Å²) in [6.07, 6.45) is 6.87. The Morgan fingerprint density at radius 3 is 2.50 bits per heavy atom. The molecule has 114 valence electrons. The lowest BCUT2D eigenvalue weighted by atomic mass is 9.77. The topological polar surface area (TPSA) is 39.1 Å². The minimum atomic E-state index is -0.0749. The summed E-state index contributed by atoms with van der Waals surface area (Å²) in [5.41, 5.74) is 1.91. The predicted octanol–water partition coefficient (Wildman–Crippen LogP) is 2.86. The van der Waals surface area contributed by atoms with Gasteiger partial charge >= 0.3 is 0 Å². The van der Waals surface area contributed by atoms with Crippen molar-refractivity contribution in [2.45, 2.75) is 57.1 Å². The second-order valence-corrected chi connectivity index (χ2v) is 6.22. The summed E-state index contributed by atoms with van der Waals surface area (Å²) in [6, 6.07) is 0.264. The monoisotopic (exact) mass is 299 g/mol. The Labute approximate surface area is 126 Å². The number of aromatic nitrogens is 2. The fourth-order valence-electron chi connectivity index (χ4n) is 3.49. The maximum absolute atomic E-state index is 6.39. The Kier molecular flexibility index (Phi) is 5.10. The molecule has 1 atom stereocenters. The molecule has 4 nitrogen and oxygen atoms in total. The zero-order chi connectivity index (χ0) is 14.8. The maximum Gasteiger partial charge on any atom is 0.0847 e. The Balaban J connectivity index is 2.23. The standard InChI is InChI=1S/C15H26ClN3O/c1-11-14(16)12(19(3)18-11)10-13(17-2)15(20-4)8-6-5-7-9-15/h13,17H,5-10H2,1-4H3. The van der Waals surface area contributed by atoms with E-state index in [4.69, 9.17) is 16.3 Å². The Hall–Kier alpha value is -0.580. The van der Waals surface area contributed by atoms with Crippen molar-refractivity contribution in [2.75, 3.05) is 14.2 Å². The van der Waals surface area contributed by atoms with Crippen molar-refractivity contribution in [3.63, 3.8) is 0 Å². The number of halogens is 1. The summed E-state index contributed by atoms with van der Waals surface area (Å²) < 4.78 is 7.85. The van der Waals surface area contributed by atoms with Crippen LogP contribution in [0.25, 0.3) is 0 Å². The highest BCUT2D eigenvalue weighted by molar-refractivity contribution is 6.31. The first-order valence-electron chi connectivity index (χ1n) is 7.44. The number of aryl methyl sites for hydroxylation is 2. The van der Waals surface area contributed by atoms with E-state index in [1.807, 2.05) is 32.8 Å². The number of likely N-dealkylation sites (N-methyl/N-ethyl adjacent to an activating group) is 1. The van der Waals surface area contributed by atoms with E-state index >= 15 is 0 Å². The average molecular weight is 300 g/mol. The van der Waals surface area contributed by atoms with Gasteiger partial charge in [-0.2, -0.15) is 5.10 Å². The van der Waals surface area contributed by atoms with E-state index in [1.165, 1.54) is 19.3 Å². The number of hydrogen-bond donors (Lipinski definition) is 1. The number of nitrogens with zero attached hydrogens (tertiary/aromatic N) is 2. The van der Waals surface area contributed by atoms with Crippen LogP contribution in [0.4, 0.5) is 0 Å². The lowest BCUT2D eigenvalue weighted by Gasteiger charge is -2.42. The van der Waals surface area contributed by atoms with Crippen molar-refractivity contribution in [2.24, 2.45) is 7.05 Å². The van der Waals surface area contributed by atoms with Crippen LogP contribution in [0, 0.1) is 6.92 Å². The lowest BCUT2D eigenvalue weighted by Crippen LogP contribution is -2.53. The molecule has 1 aromatic rings. The SMILES string of the molecule is CNC(Cc1c(Cl)c(C)nn1C)C1(OC)CCCCC1. The fourth-order valence-corrected chi connectivity index (χ4v) is 3.73. The molecule has 0 radical (unpaired) electrons. The number of nitrogens with one attached hydrogen (secondary N) is 1. The van der Waals surface area contributed by atoms with Gasteiger partial charge in [0.2, 0.25) is 0 Å². The van der Waals surface area contributed by atoms with Crippen molar-refractivity contribution >= 4 is 11.6 Å². The van der Waals surface area contributed by atoms with E-state index in [9.17, 15) is 0 Å². The van der Waals surface area contributed by atoms with Crippen LogP contribution in [0.1, 0.15) is 43.5 Å². The molecule has 1 saturated carbocycles. The highest BCUT2D eigenvalue weighted by Gasteiger charge is 2.40. The first-order valence-corrected chi connectivity index (χ1v) is 7.82. The second kappa shape index (κ2) is 6.46. The van der Waals surface area contributed by atoms with Crippen LogP contribution in [0.3, 0.4) is 0 Å². The van der Waals surface area contributed by atoms with Crippen LogP contribution in [0.2, 0.25) is 5.02 Å². The third-order valence-electron chi connectivity index (χ3n) is 4.75. The number of ether oxygens (including phenoxy) is 1. The highest BCUT2D eigenvalue weighted by atomic mass is 35.5. The summed E-state index contributed by atoms with van der Waals surface area (Å²) in [5, 5.41) is 8.65. The first-order chi connectivity index (χ1) is 9.54. The van der Waals surface area contributed by atoms with Gasteiger partial charge in [-0.1, -0.05) is 30.9 Å². The molecule has 1 N–H and O–H groups in total. The molecule has 0 aliphatic heterocycles. The minimum Gasteiger partial charge on any atom is -0.377 e. The van der Waals surface area contributed by atoms with Gasteiger partial charge < -0.3 is 10.1 Å². The van der Waals surface area contributed by atoms with Gasteiger partial charge in [-0.05, 0) is 26.8 Å². The molecule has 0 aromatic carbocycles. The molecule has 5 heteroatoms. The molecule has 0 saturated heterocycles. The largest absolute Gasteiger partial charge is 0.377 e. The van der Waals surface area contributed by atoms with Gasteiger partial charge in [0.15, 0.2) is 0 Å². The van der Waals surface area contributed by atoms with Gasteiger partial charge in [-0.25, -0.2) is 0 Å². The number of methoxy groups -OCH3 is 1. The lowest BCUT2D eigenvalue weighted by molar-refractivity contribution is -0.0660. The van der Waals surface area contributed by atoms with Crippen molar-refractivity contribution in [3.8, 4) is 0 Å². The smallest absolute Gasteiger partial charge is 0.0847 e. The van der Waals surface area contributed by atoms with E-state index in [0.29, 0.717) is 0 Å². The van der Waals surface area contributed by atoms with Crippen LogP contribution in [-0.4, -0.2) is 35.6 Å². The third kappa shape index (κ3) is 2.87. The molecular weight excluding hydrogens is 274 g/mol. The maximum atomic E-state index is 6.39. The van der Waals surface area contributed by atoms with Crippen molar-refractivity contribution in [3.05, 3.63) is 16.4 Å². The quantitative estimate of drug-likeness (QED) is 0.909. The molecule has 0 spiro atoms. The highest BCUT2D eigenvalue weighted by Crippen LogP contribution is 2.36. The molecule has 1 aliphatic rings. The van der Waals surface area contributed by atoms with Gasteiger partial charge in [0.25, 0.3) is 0 Å². The van der Waals surface area contributed by atoms with Crippen LogP contribution in [-0.2, 0) is 18.2 Å². The Bertz CT molecular complexity index is 452. The second-order valence-electron chi connectivity index (χ2n) is 5.84. The minimum absolute atomic E-state index is 0.0749. The van der Waals surface area contributed by atoms with Crippen molar-refractivity contribution in [1.82, 2.24) is 15.1 Å². The summed E-state index contributed by atoms with van der Waals surface area (Å²) in [7, 11) is 5.81. The molecule has 20 heavy (non-hydrogen) atoms. The molecule has 0 amide bonds. The molecule has 2 rings (SSSR count). The zero-order valence-electron chi connectivity index (χ0n) is 13.0. The van der Waals surface area contributed by atoms with Gasteiger partial charge in [0.1, 0.15) is 0 Å². The van der Waals surface area contributed by atoms with Crippen molar-refractivity contribution < 1.29 is 4.74 Å². The Morgan fingerprint density at radius 2 is 2.05 bits per heavy atom. The molecule has 0 bridgehead atoms. The van der Waals surface area contributed by atoms with Gasteiger partial charge in [-0.15, -0.1) is 0 Å². The van der Waals surface area contributed by atoms with Crippen LogP contribution >= 0.6 is 11.6 Å². The Morgan fingerprint density at radius 1 is 1.40 bits per heavy atom. The third-order valence-corrected chi connectivity index (χ3v) is 5.24. The molecule has 1 aliphatic carbocycles. The van der Waals surface area contributed by atoms with E-state index in [0.717, 1.165) is 35.7 Å². The van der Waals surface area contributed by atoms with E-state index < -0.39 is 0 Å². The summed E-state index contributed by atoms with van der Waals surface area (Å²) >= 11 is 6.39. The van der Waals surface area contributed by atoms with Gasteiger partial charge in [0, 0.05) is 26.6 Å². The van der Waals surface area contributed by atoms with Gasteiger partial charge in [0.05, 0.1) is 22.0 Å². The van der Waals surface area contributed by atoms with Crippen LogP contribution in [0.5, 0.6) is 0 Å². The van der Waals surface area contributed by atoms with Gasteiger partial charge in [-0.3, -0.25) is 4.68 Å². The summed E-state index contributed by atoms with van der Waals surface area (Å²) in [5.74, 6) is 0. The molecule has 1 heterocycles. The molecule has 1 aromatic heterocycles. The van der Waals surface area contributed by atoms with E-state index in [-0.39, 0.29) is 11.6 Å². The normalized spacial score (nSPS) is 20.1.